The van der Waals surface area contributed by atoms with Gasteiger partial charge < -0.3 is 5.73 Å². The molecule has 1 aliphatic rings. The molecule has 1 nitrogen and oxygen atoms in total. The van der Waals surface area contributed by atoms with Crippen LogP contribution >= 0.6 is 11.6 Å². The highest BCUT2D eigenvalue weighted by Gasteiger charge is 2.49. The summed E-state index contributed by atoms with van der Waals surface area (Å²) < 4.78 is 14.0. The molecule has 1 aromatic rings. The lowest BCUT2D eigenvalue weighted by molar-refractivity contribution is 0.509. The normalized spacial score (nSPS) is 20.1. The van der Waals surface area contributed by atoms with Crippen molar-refractivity contribution in [3.05, 3.63) is 34.1 Å². The number of nitrogens with two attached hydrogens (primary N) is 1. The minimum absolute atomic E-state index is 0.0233. The lowest BCUT2D eigenvalue weighted by Crippen LogP contribution is -2.32. The van der Waals surface area contributed by atoms with Crippen LogP contribution in [0.4, 0.5) is 4.39 Å². The molecular weight excluding hydrogens is 213 g/mol. The van der Waals surface area contributed by atoms with E-state index in [4.69, 9.17) is 17.3 Å². The number of rotatable bonds is 2. The quantitative estimate of drug-likeness (QED) is 0.825. The molecule has 1 unspecified atom stereocenters. The summed E-state index contributed by atoms with van der Waals surface area (Å²) >= 11 is 5.95. The maximum Gasteiger partial charge on any atom is 0.130 e. The predicted octanol–water partition coefficient (Wildman–Crippen LogP) is 3.17. The molecule has 0 radical (unpaired) electrons. The minimum atomic E-state index is -0.167. The van der Waals surface area contributed by atoms with Crippen LogP contribution in [0.15, 0.2) is 12.1 Å². The van der Waals surface area contributed by atoms with Gasteiger partial charge in [-0.05, 0) is 49.9 Å². The predicted molar refractivity (Wildman–Crippen MR) is 60.7 cm³/mol. The van der Waals surface area contributed by atoms with Crippen LogP contribution < -0.4 is 5.73 Å². The summed E-state index contributed by atoms with van der Waals surface area (Å²) in [4.78, 5) is 0. The van der Waals surface area contributed by atoms with Gasteiger partial charge in [-0.25, -0.2) is 4.39 Å². The van der Waals surface area contributed by atoms with Crippen LogP contribution in [0.25, 0.3) is 0 Å². The van der Waals surface area contributed by atoms with E-state index in [1.807, 2.05) is 6.92 Å². The second-order valence-electron chi connectivity index (χ2n) is 4.53. The lowest BCUT2D eigenvalue weighted by atomic mass is 9.88. The first kappa shape index (κ1) is 10.9. The molecule has 1 aliphatic carbocycles. The third-order valence-corrected chi connectivity index (χ3v) is 3.63. The summed E-state index contributed by atoms with van der Waals surface area (Å²) in [5, 5.41) is 0.593. The Morgan fingerprint density at radius 3 is 2.53 bits per heavy atom. The molecule has 0 aromatic heterocycles. The summed E-state index contributed by atoms with van der Waals surface area (Å²) in [5.74, 6) is -0.144. The molecule has 1 saturated carbocycles. The fraction of sp³-hybridized carbons (Fsp3) is 0.500. The molecule has 82 valence electrons. The highest BCUT2D eigenvalue weighted by Crippen LogP contribution is 2.51. The molecule has 1 aromatic carbocycles. The van der Waals surface area contributed by atoms with Crippen LogP contribution in [-0.2, 0) is 5.41 Å². The molecule has 1 fully saturated rings. The Kier molecular flexibility index (Phi) is 2.52. The van der Waals surface area contributed by atoms with E-state index in [1.165, 1.54) is 0 Å². The molecule has 0 bridgehead atoms. The van der Waals surface area contributed by atoms with E-state index in [9.17, 15) is 4.39 Å². The number of halogens is 2. The number of hydrogen-bond donors (Lipinski definition) is 1. The third-order valence-electron chi connectivity index (χ3n) is 3.42. The first-order valence-corrected chi connectivity index (χ1v) is 5.57. The lowest BCUT2D eigenvalue weighted by Gasteiger charge is -2.21. The van der Waals surface area contributed by atoms with E-state index in [-0.39, 0.29) is 17.3 Å². The van der Waals surface area contributed by atoms with E-state index in [1.54, 1.807) is 19.1 Å². The van der Waals surface area contributed by atoms with Gasteiger partial charge in [0.2, 0.25) is 0 Å². The first-order valence-electron chi connectivity index (χ1n) is 5.19. The first-order chi connectivity index (χ1) is 6.97. The maximum absolute atomic E-state index is 14.0. The van der Waals surface area contributed by atoms with Gasteiger partial charge in [0, 0.05) is 16.5 Å². The van der Waals surface area contributed by atoms with Gasteiger partial charge in [-0.15, -0.1) is 0 Å². The molecule has 0 aliphatic heterocycles. The van der Waals surface area contributed by atoms with Gasteiger partial charge in [0.15, 0.2) is 0 Å². The Morgan fingerprint density at radius 1 is 1.47 bits per heavy atom. The zero-order chi connectivity index (χ0) is 11.2. The fourth-order valence-electron chi connectivity index (χ4n) is 2.19. The molecule has 15 heavy (non-hydrogen) atoms. The van der Waals surface area contributed by atoms with E-state index < -0.39 is 0 Å². The average molecular weight is 228 g/mol. The molecule has 3 heteroatoms. The molecular formula is C12H15ClFN. The maximum atomic E-state index is 14.0. The SMILES string of the molecule is Cc1cc(Cl)cc(C2(C(C)N)CC2)c1F. The summed E-state index contributed by atoms with van der Waals surface area (Å²) in [6.45, 7) is 3.67. The van der Waals surface area contributed by atoms with E-state index >= 15 is 0 Å². The average Bonchev–Trinajstić information content (AvgIpc) is 2.91. The monoisotopic (exact) mass is 227 g/mol. The van der Waals surface area contributed by atoms with Gasteiger partial charge in [0.25, 0.3) is 0 Å². The molecule has 2 rings (SSSR count). The Morgan fingerprint density at radius 2 is 2.07 bits per heavy atom. The molecule has 0 heterocycles. The molecule has 0 amide bonds. The smallest absolute Gasteiger partial charge is 0.130 e. The Labute approximate surface area is 94.4 Å². The van der Waals surface area contributed by atoms with Crippen molar-refractivity contribution in [2.45, 2.75) is 38.1 Å². The van der Waals surface area contributed by atoms with E-state index in [0.29, 0.717) is 16.1 Å². The van der Waals surface area contributed by atoms with Crippen LogP contribution in [0, 0.1) is 12.7 Å². The van der Waals surface area contributed by atoms with Crippen LogP contribution in [0.1, 0.15) is 30.9 Å². The highest BCUT2D eigenvalue weighted by molar-refractivity contribution is 6.30. The largest absolute Gasteiger partial charge is 0.327 e. The van der Waals surface area contributed by atoms with Gasteiger partial charge >= 0.3 is 0 Å². The van der Waals surface area contributed by atoms with Crippen molar-refractivity contribution < 1.29 is 4.39 Å². The van der Waals surface area contributed by atoms with Gasteiger partial charge in [0.05, 0.1) is 0 Å². The minimum Gasteiger partial charge on any atom is -0.327 e. The van der Waals surface area contributed by atoms with Crippen LogP contribution in [0.5, 0.6) is 0 Å². The van der Waals surface area contributed by atoms with Crippen molar-refractivity contribution in [3.63, 3.8) is 0 Å². The van der Waals surface area contributed by atoms with Crippen LogP contribution in [-0.4, -0.2) is 6.04 Å². The van der Waals surface area contributed by atoms with Crippen molar-refractivity contribution in [3.8, 4) is 0 Å². The molecule has 2 N–H and O–H groups in total. The fourth-order valence-corrected chi connectivity index (χ4v) is 2.47. The van der Waals surface area contributed by atoms with Crippen LogP contribution in [0.2, 0.25) is 5.02 Å². The van der Waals surface area contributed by atoms with E-state index in [0.717, 1.165) is 12.8 Å². The summed E-state index contributed by atoms with van der Waals surface area (Å²) in [6, 6.07) is 3.35. The van der Waals surface area contributed by atoms with Crippen molar-refractivity contribution in [2.75, 3.05) is 0 Å². The third kappa shape index (κ3) is 1.66. The Bertz CT molecular complexity index is 397. The van der Waals surface area contributed by atoms with Gasteiger partial charge in [-0.1, -0.05) is 11.6 Å². The van der Waals surface area contributed by atoms with Crippen molar-refractivity contribution in [1.82, 2.24) is 0 Å². The summed E-state index contributed by atoms with van der Waals surface area (Å²) in [7, 11) is 0. The highest BCUT2D eigenvalue weighted by atomic mass is 35.5. The van der Waals surface area contributed by atoms with Gasteiger partial charge in [-0.3, -0.25) is 0 Å². The zero-order valence-electron chi connectivity index (χ0n) is 8.98. The molecule has 0 spiro atoms. The number of benzene rings is 1. The van der Waals surface area contributed by atoms with Crippen molar-refractivity contribution in [2.24, 2.45) is 5.73 Å². The van der Waals surface area contributed by atoms with Crippen molar-refractivity contribution in [1.29, 1.82) is 0 Å². The van der Waals surface area contributed by atoms with E-state index in [2.05, 4.69) is 0 Å². The Balaban J connectivity index is 2.53. The summed E-state index contributed by atoms with van der Waals surface area (Å²) in [6.07, 6.45) is 1.92. The Hall–Kier alpha value is -0.600. The van der Waals surface area contributed by atoms with Crippen molar-refractivity contribution >= 4 is 11.6 Å². The zero-order valence-corrected chi connectivity index (χ0v) is 9.74. The van der Waals surface area contributed by atoms with Gasteiger partial charge in [0.1, 0.15) is 5.82 Å². The molecule has 0 saturated heterocycles. The standard InChI is InChI=1S/C12H15ClFN/c1-7-5-9(13)6-10(11(7)14)12(3-4-12)8(2)15/h5-6,8H,3-4,15H2,1-2H3. The number of aryl methyl sites for hydroxylation is 1. The van der Waals surface area contributed by atoms with Gasteiger partial charge in [-0.2, -0.15) is 0 Å². The summed E-state index contributed by atoms with van der Waals surface area (Å²) in [5.41, 5.74) is 7.06. The number of hydrogen-bond acceptors (Lipinski definition) is 1. The second-order valence-corrected chi connectivity index (χ2v) is 4.97. The topological polar surface area (TPSA) is 26.0 Å². The molecule has 1 atom stereocenters. The second kappa shape index (κ2) is 3.46. The van der Waals surface area contributed by atoms with Crippen LogP contribution in [0.3, 0.4) is 0 Å².